The van der Waals surface area contributed by atoms with Gasteiger partial charge in [0.05, 0.1) is 30.8 Å². The zero-order valence-corrected chi connectivity index (χ0v) is 11.1. The van der Waals surface area contributed by atoms with E-state index in [2.05, 4.69) is 5.10 Å². The van der Waals surface area contributed by atoms with Gasteiger partial charge < -0.3 is 10.0 Å². The molecule has 8 nitrogen and oxygen atoms in total. The van der Waals surface area contributed by atoms with Crippen LogP contribution in [0.25, 0.3) is 0 Å². The van der Waals surface area contributed by atoms with Crippen LogP contribution in [0.2, 0.25) is 0 Å². The predicted octanol–water partition coefficient (Wildman–Crippen LogP) is -1.48. The van der Waals surface area contributed by atoms with Gasteiger partial charge in [0.1, 0.15) is 0 Å². The minimum atomic E-state index is -3.57. The number of nitrogens with two attached hydrogens (primary N) is 1. The van der Waals surface area contributed by atoms with Gasteiger partial charge in [-0.1, -0.05) is 0 Å². The van der Waals surface area contributed by atoms with Crippen molar-refractivity contribution in [3.8, 4) is 0 Å². The van der Waals surface area contributed by atoms with Crippen molar-refractivity contribution in [3.63, 3.8) is 0 Å². The Morgan fingerprint density at radius 3 is 2.89 bits per heavy atom. The molecule has 1 aliphatic heterocycles. The van der Waals surface area contributed by atoms with Gasteiger partial charge in [0.25, 0.3) is 0 Å². The standard InChI is InChI=1S/C10H16N4O4S/c11-19(17,18)7-8-3-10(16)14(5-8)9-4-12-13(6-9)1-2-15/h4,6,8,15H,1-3,5,7H2,(H2,11,17,18). The van der Waals surface area contributed by atoms with E-state index in [1.807, 2.05) is 0 Å². The summed E-state index contributed by atoms with van der Waals surface area (Å²) < 4.78 is 23.6. The fraction of sp³-hybridized carbons (Fsp3) is 0.600. The number of hydrogen-bond acceptors (Lipinski definition) is 5. The van der Waals surface area contributed by atoms with Gasteiger partial charge >= 0.3 is 0 Å². The third-order valence-electron chi connectivity index (χ3n) is 2.93. The summed E-state index contributed by atoms with van der Waals surface area (Å²) in [5.41, 5.74) is 0.607. The molecule has 0 spiro atoms. The number of carbonyl (C=O) groups excluding carboxylic acids is 1. The second kappa shape index (κ2) is 5.27. The molecule has 19 heavy (non-hydrogen) atoms. The molecule has 1 atom stereocenters. The Balaban J connectivity index is 2.06. The van der Waals surface area contributed by atoms with Crippen LogP contribution in [0.5, 0.6) is 0 Å². The lowest BCUT2D eigenvalue weighted by atomic mass is 10.1. The summed E-state index contributed by atoms with van der Waals surface area (Å²) in [6.45, 7) is 0.631. The van der Waals surface area contributed by atoms with E-state index in [0.29, 0.717) is 18.8 Å². The molecule has 0 bridgehead atoms. The van der Waals surface area contributed by atoms with E-state index in [4.69, 9.17) is 10.2 Å². The van der Waals surface area contributed by atoms with Gasteiger partial charge in [-0.2, -0.15) is 5.10 Å². The molecule has 1 saturated heterocycles. The van der Waals surface area contributed by atoms with Crippen molar-refractivity contribution >= 4 is 21.6 Å². The minimum Gasteiger partial charge on any atom is -0.394 e. The summed E-state index contributed by atoms with van der Waals surface area (Å²) in [6.07, 6.45) is 3.34. The number of carbonyl (C=O) groups is 1. The molecule has 1 unspecified atom stereocenters. The number of aromatic nitrogens is 2. The molecule has 9 heteroatoms. The van der Waals surface area contributed by atoms with Crippen molar-refractivity contribution in [2.24, 2.45) is 11.1 Å². The lowest BCUT2D eigenvalue weighted by Gasteiger charge is -2.13. The first-order chi connectivity index (χ1) is 8.89. The largest absolute Gasteiger partial charge is 0.394 e. The number of aliphatic hydroxyl groups is 1. The molecule has 0 aliphatic carbocycles. The Hall–Kier alpha value is -1.45. The topological polar surface area (TPSA) is 119 Å². The van der Waals surface area contributed by atoms with Crippen molar-refractivity contribution < 1.29 is 18.3 Å². The monoisotopic (exact) mass is 288 g/mol. The number of hydrogen-bond donors (Lipinski definition) is 2. The fourth-order valence-corrected chi connectivity index (χ4v) is 3.07. The van der Waals surface area contributed by atoms with Crippen LogP contribution in [-0.4, -0.2) is 48.1 Å². The maximum Gasteiger partial charge on any atom is 0.227 e. The molecule has 3 N–H and O–H groups in total. The van der Waals surface area contributed by atoms with Gasteiger partial charge in [-0.15, -0.1) is 0 Å². The Morgan fingerprint density at radius 2 is 2.26 bits per heavy atom. The van der Waals surface area contributed by atoms with Crippen molar-refractivity contribution in [2.75, 3.05) is 23.8 Å². The molecule has 1 aliphatic rings. The number of anilines is 1. The Kier molecular flexibility index (Phi) is 3.88. The third kappa shape index (κ3) is 3.52. The normalized spacial score (nSPS) is 20.2. The third-order valence-corrected chi connectivity index (χ3v) is 3.87. The summed E-state index contributed by atoms with van der Waals surface area (Å²) in [4.78, 5) is 13.3. The highest BCUT2D eigenvalue weighted by Crippen LogP contribution is 2.25. The Morgan fingerprint density at radius 1 is 1.53 bits per heavy atom. The summed E-state index contributed by atoms with van der Waals surface area (Å²) in [7, 11) is -3.57. The Bertz CT molecular complexity index is 568. The minimum absolute atomic E-state index is 0.0386. The molecule has 1 amide bonds. The lowest BCUT2D eigenvalue weighted by molar-refractivity contribution is -0.117. The zero-order valence-electron chi connectivity index (χ0n) is 10.3. The second-order valence-electron chi connectivity index (χ2n) is 4.59. The molecule has 1 aromatic rings. The molecular weight excluding hydrogens is 272 g/mol. The van der Waals surface area contributed by atoms with E-state index in [-0.39, 0.29) is 30.6 Å². The molecule has 2 heterocycles. The highest BCUT2D eigenvalue weighted by Gasteiger charge is 2.33. The van der Waals surface area contributed by atoms with Crippen LogP contribution >= 0.6 is 0 Å². The maximum absolute atomic E-state index is 11.8. The van der Waals surface area contributed by atoms with Crippen LogP contribution in [0.4, 0.5) is 5.69 Å². The lowest BCUT2D eigenvalue weighted by Crippen LogP contribution is -2.27. The quantitative estimate of drug-likeness (QED) is 0.684. The van der Waals surface area contributed by atoms with E-state index < -0.39 is 10.0 Å². The highest BCUT2D eigenvalue weighted by molar-refractivity contribution is 7.89. The second-order valence-corrected chi connectivity index (χ2v) is 6.25. The van der Waals surface area contributed by atoms with E-state index >= 15 is 0 Å². The van der Waals surface area contributed by atoms with Gasteiger partial charge in [-0.25, -0.2) is 13.6 Å². The summed E-state index contributed by atoms with van der Waals surface area (Å²) in [5, 5.41) is 17.8. The first kappa shape index (κ1) is 14.0. The van der Waals surface area contributed by atoms with Crippen LogP contribution in [0.15, 0.2) is 12.4 Å². The van der Waals surface area contributed by atoms with Gasteiger partial charge in [0.2, 0.25) is 15.9 Å². The van der Waals surface area contributed by atoms with Crippen LogP contribution < -0.4 is 10.0 Å². The molecule has 0 radical (unpaired) electrons. The van der Waals surface area contributed by atoms with Gasteiger partial charge in [0, 0.05) is 25.1 Å². The van der Waals surface area contributed by atoms with E-state index in [1.54, 1.807) is 6.20 Å². The predicted molar refractivity (Wildman–Crippen MR) is 67.7 cm³/mol. The van der Waals surface area contributed by atoms with E-state index in [1.165, 1.54) is 15.8 Å². The molecule has 0 aromatic carbocycles. The van der Waals surface area contributed by atoms with Crippen molar-refractivity contribution in [1.29, 1.82) is 0 Å². The van der Waals surface area contributed by atoms with E-state index in [9.17, 15) is 13.2 Å². The number of primary sulfonamides is 1. The van der Waals surface area contributed by atoms with E-state index in [0.717, 1.165) is 0 Å². The van der Waals surface area contributed by atoms with Gasteiger partial charge in [-0.05, 0) is 0 Å². The zero-order chi connectivity index (χ0) is 14.0. The van der Waals surface area contributed by atoms with Crippen LogP contribution in [0, 0.1) is 5.92 Å². The molecule has 0 saturated carbocycles. The summed E-state index contributed by atoms with van der Waals surface area (Å²) in [5.74, 6) is -0.624. The number of rotatable bonds is 5. The molecule has 1 aromatic heterocycles. The first-order valence-electron chi connectivity index (χ1n) is 5.83. The smallest absolute Gasteiger partial charge is 0.227 e. The average Bonchev–Trinajstić information content (AvgIpc) is 2.84. The van der Waals surface area contributed by atoms with Gasteiger partial charge in [0.15, 0.2) is 0 Å². The van der Waals surface area contributed by atoms with Crippen LogP contribution in [0.3, 0.4) is 0 Å². The molecular formula is C10H16N4O4S. The summed E-state index contributed by atoms with van der Waals surface area (Å²) >= 11 is 0. The number of nitrogens with zero attached hydrogens (tertiary/aromatic N) is 3. The van der Waals surface area contributed by atoms with Gasteiger partial charge in [-0.3, -0.25) is 9.48 Å². The number of amides is 1. The maximum atomic E-state index is 11.8. The van der Waals surface area contributed by atoms with Crippen molar-refractivity contribution in [2.45, 2.75) is 13.0 Å². The highest BCUT2D eigenvalue weighted by atomic mass is 32.2. The number of sulfonamides is 1. The Labute approximate surface area is 110 Å². The van der Waals surface area contributed by atoms with Crippen molar-refractivity contribution in [1.82, 2.24) is 9.78 Å². The average molecular weight is 288 g/mol. The van der Waals surface area contributed by atoms with Crippen LogP contribution in [0.1, 0.15) is 6.42 Å². The molecule has 106 valence electrons. The number of aliphatic hydroxyl groups excluding tert-OH is 1. The SMILES string of the molecule is NS(=O)(=O)CC1CC(=O)N(c2cnn(CCO)c2)C1. The summed E-state index contributed by atoms with van der Waals surface area (Å²) in [6, 6.07) is 0. The fourth-order valence-electron chi connectivity index (χ4n) is 2.19. The first-order valence-corrected chi connectivity index (χ1v) is 7.55. The molecule has 2 rings (SSSR count). The van der Waals surface area contributed by atoms with Crippen molar-refractivity contribution in [3.05, 3.63) is 12.4 Å². The van der Waals surface area contributed by atoms with Crippen LogP contribution in [-0.2, 0) is 21.4 Å². The molecule has 1 fully saturated rings.